The summed E-state index contributed by atoms with van der Waals surface area (Å²) in [6.45, 7) is 4.09. The Morgan fingerprint density at radius 2 is 1.79 bits per heavy atom. The number of anilines is 1. The maximum Gasteiger partial charge on any atom is 0.125 e. The number of halogens is 1. The fourth-order valence-corrected chi connectivity index (χ4v) is 2.05. The number of hydrogen-bond acceptors (Lipinski definition) is 1. The third-order valence-electron chi connectivity index (χ3n) is 2.75. The zero-order valence-electron chi connectivity index (χ0n) is 8.59. The van der Waals surface area contributed by atoms with Gasteiger partial charge in [-0.05, 0) is 49.9 Å². The van der Waals surface area contributed by atoms with Crippen LogP contribution >= 0.6 is 0 Å². The highest BCUT2D eigenvalue weighted by molar-refractivity contribution is 5.49. The van der Waals surface area contributed by atoms with Gasteiger partial charge in [-0.2, -0.15) is 0 Å². The van der Waals surface area contributed by atoms with E-state index in [0.717, 1.165) is 24.3 Å². The molecular weight excluding hydrogens is 177 g/mol. The summed E-state index contributed by atoms with van der Waals surface area (Å²) in [5.41, 5.74) is 2.05. The normalized spacial score (nSPS) is 17.1. The predicted octanol–water partition coefficient (Wildman–Crippen LogP) is 3.12. The average Bonchev–Trinajstić information content (AvgIpc) is 2.18. The first kappa shape index (κ1) is 9.50. The van der Waals surface area contributed by atoms with E-state index in [1.54, 1.807) is 12.1 Å². The molecule has 2 rings (SSSR count). The Morgan fingerprint density at radius 3 is 2.43 bits per heavy atom. The van der Waals surface area contributed by atoms with Crippen LogP contribution in [0.5, 0.6) is 0 Å². The third-order valence-corrected chi connectivity index (χ3v) is 2.75. The van der Waals surface area contributed by atoms with Crippen LogP contribution in [0.25, 0.3) is 0 Å². The number of hydrogen-bond donors (Lipinski definition) is 0. The first-order valence-corrected chi connectivity index (χ1v) is 5.28. The van der Waals surface area contributed by atoms with Gasteiger partial charge in [-0.15, -0.1) is 0 Å². The van der Waals surface area contributed by atoms with Gasteiger partial charge in [0.15, 0.2) is 0 Å². The molecule has 1 heterocycles. The van der Waals surface area contributed by atoms with E-state index in [0.29, 0.717) is 0 Å². The molecule has 76 valence electrons. The minimum absolute atomic E-state index is 0.120. The van der Waals surface area contributed by atoms with E-state index in [-0.39, 0.29) is 5.82 Å². The molecule has 0 amide bonds. The Hall–Kier alpha value is -1.05. The van der Waals surface area contributed by atoms with Crippen molar-refractivity contribution in [3.63, 3.8) is 0 Å². The van der Waals surface area contributed by atoms with Gasteiger partial charge >= 0.3 is 0 Å². The van der Waals surface area contributed by atoms with Gasteiger partial charge in [0.2, 0.25) is 0 Å². The van der Waals surface area contributed by atoms with Crippen molar-refractivity contribution >= 4 is 5.69 Å². The van der Waals surface area contributed by atoms with Gasteiger partial charge in [-0.1, -0.05) is 0 Å². The molecule has 1 aliphatic rings. The second-order valence-electron chi connectivity index (χ2n) is 4.03. The van der Waals surface area contributed by atoms with E-state index in [9.17, 15) is 4.39 Å². The summed E-state index contributed by atoms with van der Waals surface area (Å²) in [6.07, 6.45) is 3.77. The summed E-state index contributed by atoms with van der Waals surface area (Å²) in [5.74, 6) is -0.120. The summed E-state index contributed by atoms with van der Waals surface area (Å²) in [7, 11) is 0. The summed E-state index contributed by atoms with van der Waals surface area (Å²) >= 11 is 0. The highest BCUT2D eigenvalue weighted by Gasteiger charge is 2.11. The summed E-state index contributed by atoms with van der Waals surface area (Å²) in [5, 5.41) is 0. The van der Waals surface area contributed by atoms with Crippen molar-refractivity contribution in [2.75, 3.05) is 18.0 Å². The minimum atomic E-state index is -0.120. The Balaban J connectivity index is 2.21. The Bertz CT molecular complexity index is 296. The van der Waals surface area contributed by atoms with Gasteiger partial charge in [-0.3, -0.25) is 0 Å². The molecule has 1 nitrogen and oxygen atoms in total. The maximum absolute atomic E-state index is 13.2. The smallest absolute Gasteiger partial charge is 0.125 e. The lowest BCUT2D eigenvalue weighted by Crippen LogP contribution is -2.29. The maximum atomic E-state index is 13.2. The van der Waals surface area contributed by atoms with E-state index in [1.165, 1.54) is 19.3 Å². The number of benzene rings is 1. The van der Waals surface area contributed by atoms with Gasteiger partial charge in [0.1, 0.15) is 5.82 Å². The molecule has 1 aromatic carbocycles. The Kier molecular flexibility index (Phi) is 2.71. The summed E-state index contributed by atoms with van der Waals surface area (Å²) in [6, 6.07) is 5.28. The first-order chi connectivity index (χ1) is 6.75. The van der Waals surface area contributed by atoms with Crippen LogP contribution in [0.4, 0.5) is 10.1 Å². The zero-order valence-corrected chi connectivity index (χ0v) is 8.59. The topological polar surface area (TPSA) is 3.24 Å². The van der Waals surface area contributed by atoms with Crippen molar-refractivity contribution < 1.29 is 4.39 Å². The van der Waals surface area contributed by atoms with Gasteiger partial charge in [0.25, 0.3) is 0 Å². The quantitative estimate of drug-likeness (QED) is 0.662. The van der Waals surface area contributed by atoms with Crippen LogP contribution in [0.3, 0.4) is 0 Å². The van der Waals surface area contributed by atoms with E-state index in [2.05, 4.69) is 11.0 Å². The fourth-order valence-electron chi connectivity index (χ4n) is 2.05. The second kappa shape index (κ2) is 3.99. The molecular formula is C12H16FN. The van der Waals surface area contributed by atoms with E-state index in [4.69, 9.17) is 0 Å². The molecule has 0 saturated carbocycles. The molecule has 1 aliphatic heterocycles. The molecule has 0 bridgehead atoms. The lowest BCUT2D eigenvalue weighted by molar-refractivity contribution is 0.574. The van der Waals surface area contributed by atoms with Crippen molar-refractivity contribution in [2.24, 2.45) is 0 Å². The molecule has 1 fully saturated rings. The standard InChI is InChI=1S/C12H16FN/c1-10-7-11(13)9-12(8-10)14-5-3-2-4-6-14/h7-9H,2-6H2,1H3. The third kappa shape index (κ3) is 2.06. The predicted molar refractivity (Wildman–Crippen MR) is 57.2 cm³/mol. The molecule has 0 aliphatic carbocycles. The fraction of sp³-hybridized carbons (Fsp3) is 0.500. The largest absolute Gasteiger partial charge is 0.371 e. The van der Waals surface area contributed by atoms with Crippen LogP contribution in [0, 0.1) is 12.7 Å². The van der Waals surface area contributed by atoms with Gasteiger partial charge in [0, 0.05) is 18.8 Å². The van der Waals surface area contributed by atoms with Crippen molar-refractivity contribution in [3.8, 4) is 0 Å². The highest BCUT2D eigenvalue weighted by Crippen LogP contribution is 2.21. The summed E-state index contributed by atoms with van der Waals surface area (Å²) in [4.78, 5) is 2.28. The van der Waals surface area contributed by atoms with Crippen LogP contribution < -0.4 is 4.90 Å². The van der Waals surface area contributed by atoms with Crippen LogP contribution in [-0.2, 0) is 0 Å². The van der Waals surface area contributed by atoms with E-state index < -0.39 is 0 Å². The minimum Gasteiger partial charge on any atom is -0.371 e. The summed E-state index contributed by atoms with van der Waals surface area (Å²) < 4.78 is 13.2. The molecule has 2 heteroatoms. The van der Waals surface area contributed by atoms with Crippen molar-refractivity contribution in [3.05, 3.63) is 29.6 Å². The first-order valence-electron chi connectivity index (χ1n) is 5.28. The Morgan fingerprint density at radius 1 is 1.07 bits per heavy atom. The molecule has 14 heavy (non-hydrogen) atoms. The van der Waals surface area contributed by atoms with E-state index >= 15 is 0 Å². The van der Waals surface area contributed by atoms with Gasteiger partial charge < -0.3 is 4.90 Å². The SMILES string of the molecule is Cc1cc(F)cc(N2CCCCC2)c1. The second-order valence-corrected chi connectivity index (χ2v) is 4.03. The molecule has 1 saturated heterocycles. The lowest BCUT2D eigenvalue weighted by Gasteiger charge is -2.29. The monoisotopic (exact) mass is 193 g/mol. The molecule has 0 spiro atoms. The van der Waals surface area contributed by atoms with Crippen LogP contribution in [-0.4, -0.2) is 13.1 Å². The average molecular weight is 193 g/mol. The molecule has 0 atom stereocenters. The lowest BCUT2D eigenvalue weighted by atomic mass is 10.1. The van der Waals surface area contributed by atoms with E-state index in [1.807, 2.05) is 6.92 Å². The van der Waals surface area contributed by atoms with Crippen LogP contribution in [0.1, 0.15) is 24.8 Å². The number of piperidine rings is 1. The molecule has 0 aromatic heterocycles. The van der Waals surface area contributed by atoms with Gasteiger partial charge in [0.05, 0.1) is 0 Å². The Labute approximate surface area is 84.5 Å². The number of nitrogens with zero attached hydrogens (tertiary/aromatic N) is 1. The number of rotatable bonds is 1. The number of aryl methyl sites for hydroxylation is 1. The van der Waals surface area contributed by atoms with Gasteiger partial charge in [-0.25, -0.2) is 4.39 Å². The van der Waals surface area contributed by atoms with Crippen molar-refractivity contribution in [2.45, 2.75) is 26.2 Å². The van der Waals surface area contributed by atoms with Crippen molar-refractivity contribution in [1.29, 1.82) is 0 Å². The zero-order chi connectivity index (χ0) is 9.97. The van der Waals surface area contributed by atoms with Crippen LogP contribution in [0.15, 0.2) is 18.2 Å². The molecule has 0 N–H and O–H groups in total. The molecule has 1 aromatic rings. The molecule has 0 unspecified atom stereocenters. The van der Waals surface area contributed by atoms with Crippen LogP contribution in [0.2, 0.25) is 0 Å². The highest BCUT2D eigenvalue weighted by atomic mass is 19.1. The molecule has 0 radical (unpaired) electrons. The van der Waals surface area contributed by atoms with Crippen molar-refractivity contribution in [1.82, 2.24) is 0 Å².